The van der Waals surface area contributed by atoms with Gasteiger partial charge in [-0.3, -0.25) is 0 Å². The maximum Gasteiger partial charge on any atom is 0.174 e. The topological polar surface area (TPSA) is 39.4 Å². The van der Waals surface area contributed by atoms with Crippen molar-refractivity contribution in [1.29, 1.82) is 0 Å². The molecule has 1 atom stereocenters. The van der Waals surface area contributed by atoms with E-state index in [2.05, 4.69) is 10.1 Å². The number of pyridine rings is 1. The summed E-state index contributed by atoms with van der Waals surface area (Å²) in [7, 11) is 0. The summed E-state index contributed by atoms with van der Waals surface area (Å²) < 4.78 is 7.41. The van der Waals surface area contributed by atoms with E-state index in [1.54, 1.807) is 4.52 Å². The molecule has 1 aliphatic heterocycles. The molecule has 0 bridgehead atoms. The van der Waals surface area contributed by atoms with Crippen LogP contribution in [-0.4, -0.2) is 27.3 Å². The fraction of sp³-hybridized carbons (Fsp3) is 0.500. The van der Waals surface area contributed by atoms with Crippen molar-refractivity contribution >= 4 is 17.2 Å². The first-order chi connectivity index (χ1) is 8.33. The maximum atomic E-state index is 6.06. The molecule has 1 saturated heterocycles. The first kappa shape index (κ1) is 11.0. The smallest absolute Gasteiger partial charge is 0.174 e. The van der Waals surface area contributed by atoms with Crippen LogP contribution in [-0.2, 0) is 11.2 Å². The van der Waals surface area contributed by atoms with Gasteiger partial charge in [0.15, 0.2) is 11.5 Å². The van der Waals surface area contributed by atoms with Gasteiger partial charge in [0.25, 0.3) is 0 Å². The van der Waals surface area contributed by atoms with Gasteiger partial charge in [-0.1, -0.05) is 11.6 Å². The van der Waals surface area contributed by atoms with E-state index in [9.17, 15) is 0 Å². The molecule has 1 fully saturated rings. The van der Waals surface area contributed by atoms with Gasteiger partial charge in [0.05, 0.1) is 11.1 Å². The SMILES string of the molecule is Clc1cccn2nc(CC3CCCCO3)nc12. The highest BCUT2D eigenvalue weighted by Crippen LogP contribution is 2.18. The van der Waals surface area contributed by atoms with E-state index in [1.807, 2.05) is 18.3 Å². The Morgan fingerprint density at radius 1 is 1.47 bits per heavy atom. The molecule has 1 unspecified atom stereocenters. The van der Waals surface area contributed by atoms with Crippen LogP contribution in [0.3, 0.4) is 0 Å². The van der Waals surface area contributed by atoms with Crippen LogP contribution in [0.15, 0.2) is 18.3 Å². The van der Waals surface area contributed by atoms with Crippen LogP contribution in [0.5, 0.6) is 0 Å². The lowest BCUT2D eigenvalue weighted by Gasteiger charge is -2.20. The van der Waals surface area contributed by atoms with Crippen LogP contribution in [0.4, 0.5) is 0 Å². The number of halogens is 1. The summed E-state index contributed by atoms with van der Waals surface area (Å²) in [4.78, 5) is 4.45. The minimum atomic E-state index is 0.264. The molecule has 17 heavy (non-hydrogen) atoms. The number of hydrogen-bond donors (Lipinski definition) is 0. The van der Waals surface area contributed by atoms with Crippen LogP contribution < -0.4 is 0 Å². The van der Waals surface area contributed by atoms with Crippen molar-refractivity contribution in [1.82, 2.24) is 14.6 Å². The first-order valence-corrected chi connectivity index (χ1v) is 6.32. The molecule has 0 amide bonds. The number of rotatable bonds is 2. The highest BCUT2D eigenvalue weighted by atomic mass is 35.5. The minimum absolute atomic E-state index is 0.264. The molecule has 0 aromatic carbocycles. The Hall–Kier alpha value is -1.13. The molecule has 0 radical (unpaired) electrons. The zero-order chi connectivity index (χ0) is 11.7. The van der Waals surface area contributed by atoms with E-state index >= 15 is 0 Å². The Morgan fingerprint density at radius 3 is 3.18 bits per heavy atom. The third-order valence-corrected chi connectivity index (χ3v) is 3.34. The zero-order valence-electron chi connectivity index (χ0n) is 9.47. The number of nitrogens with zero attached hydrogens (tertiary/aromatic N) is 3. The van der Waals surface area contributed by atoms with E-state index in [-0.39, 0.29) is 6.10 Å². The molecular formula is C12H14ClN3O. The monoisotopic (exact) mass is 251 g/mol. The molecule has 1 aliphatic rings. The highest BCUT2D eigenvalue weighted by Gasteiger charge is 2.17. The average Bonchev–Trinajstić information content (AvgIpc) is 2.74. The molecular weight excluding hydrogens is 238 g/mol. The average molecular weight is 252 g/mol. The summed E-state index contributed by atoms with van der Waals surface area (Å²) in [6.07, 6.45) is 6.40. The highest BCUT2D eigenvalue weighted by molar-refractivity contribution is 6.33. The molecule has 2 aromatic heterocycles. The van der Waals surface area contributed by atoms with E-state index in [0.29, 0.717) is 5.02 Å². The number of fused-ring (bicyclic) bond motifs is 1. The molecule has 0 N–H and O–H groups in total. The number of aromatic nitrogens is 3. The summed E-state index contributed by atoms with van der Waals surface area (Å²) >= 11 is 6.06. The van der Waals surface area contributed by atoms with Crippen LogP contribution >= 0.6 is 11.6 Å². The Kier molecular flexibility index (Phi) is 2.99. The number of ether oxygens (including phenoxy) is 1. The summed E-state index contributed by atoms with van der Waals surface area (Å²) in [5, 5.41) is 5.04. The Morgan fingerprint density at radius 2 is 2.41 bits per heavy atom. The van der Waals surface area contributed by atoms with E-state index in [4.69, 9.17) is 16.3 Å². The predicted octanol–water partition coefficient (Wildman–Crippen LogP) is 2.49. The lowest BCUT2D eigenvalue weighted by Crippen LogP contribution is -2.21. The molecule has 5 heteroatoms. The molecule has 4 nitrogen and oxygen atoms in total. The first-order valence-electron chi connectivity index (χ1n) is 5.94. The summed E-state index contributed by atoms with van der Waals surface area (Å²) in [5.74, 6) is 0.810. The van der Waals surface area contributed by atoms with E-state index in [0.717, 1.165) is 30.9 Å². The largest absolute Gasteiger partial charge is 0.378 e. The molecule has 2 aromatic rings. The molecule has 0 saturated carbocycles. The third-order valence-electron chi connectivity index (χ3n) is 3.04. The van der Waals surface area contributed by atoms with Crippen molar-refractivity contribution in [3.8, 4) is 0 Å². The van der Waals surface area contributed by atoms with Crippen molar-refractivity contribution in [3.05, 3.63) is 29.2 Å². The normalized spacial score (nSPS) is 20.9. The van der Waals surface area contributed by atoms with Gasteiger partial charge < -0.3 is 4.74 Å². The fourth-order valence-electron chi connectivity index (χ4n) is 2.18. The van der Waals surface area contributed by atoms with Crippen LogP contribution in [0.25, 0.3) is 5.65 Å². The zero-order valence-corrected chi connectivity index (χ0v) is 10.2. The molecule has 0 spiro atoms. The van der Waals surface area contributed by atoms with Crippen LogP contribution in [0.2, 0.25) is 5.02 Å². The second-order valence-electron chi connectivity index (χ2n) is 4.35. The Bertz CT molecular complexity index is 519. The van der Waals surface area contributed by atoms with Gasteiger partial charge in [-0.05, 0) is 31.4 Å². The molecule has 0 aliphatic carbocycles. The summed E-state index contributed by atoms with van der Waals surface area (Å²) in [6, 6.07) is 3.69. The van der Waals surface area contributed by atoms with Gasteiger partial charge in [0, 0.05) is 19.2 Å². The third kappa shape index (κ3) is 2.28. The van der Waals surface area contributed by atoms with Gasteiger partial charge in [-0.25, -0.2) is 9.50 Å². The molecule has 3 rings (SSSR count). The van der Waals surface area contributed by atoms with E-state index < -0.39 is 0 Å². The Labute approximate surface area is 105 Å². The fourth-order valence-corrected chi connectivity index (χ4v) is 2.38. The number of hydrogen-bond acceptors (Lipinski definition) is 3. The summed E-state index contributed by atoms with van der Waals surface area (Å²) in [5.41, 5.74) is 0.722. The summed E-state index contributed by atoms with van der Waals surface area (Å²) in [6.45, 7) is 0.860. The Balaban J connectivity index is 1.83. The second kappa shape index (κ2) is 4.63. The van der Waals surface area contributed by atoms with E-state index in [1.165, 1.54) is 12.8 Å². The van der Waals surface area contributed by atoms with Gasteiger partial charge in [-0.15, -0.1) is 0 Å². The maximum absolute atomic E-state index is 6.06. The van der Waals surface area contributed by atoms with Crippen molar-refractivity contribution in [2.24, 2.45) is 0 Å². The molecule has 3 heterocycles. The standard InChI is InChI=1S/C12H14ClN3O/c13-10-5-3-6-16-12(10)14-11(15-16)8-9-4-1-2-7-17-9/h3,5-6,9H,1-2,4,7-8H2. The van der Waals surface area contributed by atoms with Crippen molar-refractivity contribution in [2.75, 3.05) is 6.61 Å². The lowest BCUT2D eigenvalue weighted by molar-refractivity contribution is 0.0157. The van der Waals surface area contributed by atoms with Gasteiger partial charge in [-0.2, -0.15) is 5.10 Å². The van der Waals surface area contributed by atoms with Crippen molar-refractivity contribution in [3.63, 3.8) is 0 Å². The van der Waals surface area contributed by atoms with Crippen molar-refractivity contribution < 1.29 is 4.74 Å². The lowest BCUT2D eigenvalue weighted by atomic mass is 10.1. The van der Waals surface area contributed by atoms with Gasteiger partial charge in [0.1, 0.15) is 0 Å². The van der Waals surface area contributed by atoms with Gasteiger partial charge in [0.2, 0.25) is 0 Å². The molecule has 90 valence electrons. The van der Waals surface area contributed by atoms with Crippen molar-refractivity contribution in [2.45, 2.75) is 31.8 Å². The van der Waals surface area contributed by atoms with Gasteiger partial charge >= 0.3 is 0 Å². The minimum Gasteiger partial charge on any atom is -0.378 e. The quantitative estimate of drug-likeness (QED) is 0.823. The van der Waals surface area contributed by atoms with Crippen LogP contribution in [0.1, 0.15) is 25.1 Å². The predicted molar refractivity (Wildman–Crippen MR) is 65.3 cm³/mol. The van der Waals surface area contributed by atoms with Crippen LogP contribution in [0, 0.1) is 0 Å². The second-order valence-corrected chi connectivity index (χ2v) is 4.75.